The second-order valence-corrected chi connectivity index (χ2v) is 7.61. The number of carbonyl (C=O) groups is 1. The fraction of sp³-hybridized carbons (Fsp3) is 0.208. The number of benzene rings is 1. The second-order valence-electron chi connectivity index (χ2n) is 7.61. The molecule has 4 heterocycles. The van der Waals surface area contributed by atoms with Crippen molar-refractivity contribution in [1.29, 1.82) is 0 Å². The Labute approximate surface area is 183 Å². The predicted molar refractivity (Wildman–Crippen MR) is 119 cm³/mol. The van der Waals surface area contributed by atoms with Gasteiger partial charge in [0, 0.05) is 36.0 Å². The van der Waals surface area contributed by atoms with Crippen molar-refractivity contribution in [2.24, 2.45) is 0 Å². The van der Waals surface area contributed by atoms with E-state index in [0.717, 1.165) is 17.3 Å². The van der Waals surface area contributed by atoms with Gasteiger partial charge in [0.25, 0.3) is 11.5 Å². The Morgan fingerprint density at radius 1 is 1.12 bits per heavy atom. The van der Waals surface area contributed by atoms with E-state index in [1.54, 1.807) is 29.4 Å². The summed E-state index contributed by atoms with van der Waals surface area (Å²) in [6.07, 6.45) is 4.86. The molecule has 1 saturated heterocycles. The van der Waals surface area contributed by atoms with Crippen molar-refractivity contribution in [3.8, 4) is 17.1 Å². The van der Waals surface area contributed by atoms with E-state index in [0.29, 0.717) is 41.5 Å². The number of fused-ring (bicyclic) bond motifs is 1. The summed E-state index contributed by atoms with van der Waals surface area (Å²) in [5, 5.41) is 0.806. The van der Waals surface area contributed by atoms with Gasteiger partial charge in [-0.25, -0.2) is 9.97 Å². The number of pyridine rings is 2. The van der Waals surface area contributed by atoms with Crippen LogP contribution in [0.25, 0.3) is 22.2 Å². The topological polar surface area (TPSA) is 101 Å². The van der Waals surface area contributed by atoms with Gasteiger partial charge in [-0.3, -0.25) is 14.6 Å². The first-order chi connectivity index (χ1) is 15.7. The van der Waals surface area contributed by atoms with Crippen LogP contribution in [-0.2, 0) is 0 Å². The summed E-state index contributed by atoms with van der Waals surface area (Å²) in [5.41, 5.74) is 2.16. The molecule has 0 bridgehead atoms. The maximum Gasteiger partial charge on any atom is 0.255 e. The molecule has 1 unspecified atom stereocenters. The molecule has 0 spiro atoms. The minimum absolute atomic E-state index is 0.0990. The SMILES string of the molecule is COc1ncccc1-c1cc(=O)[nH]c(C2CCCN2C(=O)c2cccc3ncccc23)n1. The number of aromatic nitrogens is 4. The number of nitrogens with zero attached hydrogens (tertiary/aromatic N) is 4. The van der Waals surface area contributed by atoms with Gasteiger partial charge in [0.2, 0.25) is 5.88 Å². The van der Waals surface area contributed by atoms with E-state index in [2.05, 4.69) is 15.0 Å². The number of aromatic amines is 1. The van der Waals surface area contributed by atoms with Gasteiger partial charge < -0.3 is 14.6 Å². The maximum absolute atomic E-state index is 13.5. The van der Waals surface area contributed by atoms with Gasteiger partial charge in [0.05, 0.1) is 29.9 Å². The van der Waals surface area contributed by atoms with E-state index in [9.17, 15) is 9.59 Å². The summed E-state index contributed by atoms with van der Waals surface area (Å²) in [5.74, 6) is 0.750. The molecule has 1 aliphatic rings. The van der Waals surface area contributed by atoms with Crippen LogP contribution in [0.1, 0.15) is 35.1 Å². The van der Waals surface area contributed by atoms with Crippen molar-refractivity contribution in [1.82, 2.24) is 24.8 Å². The van der Waals surface area contributed by atoms with E-state index in [1.807, 2.05) is 30.3 Å². The summed E-state index contributed by atoms with van der Waals surface area (Å²) in [4.78, 5) is 43.9. The molecule has 5 rings (SSSR count). The Bertz CT molecular complexity index is 1360. The van der Waals surface area contributed by atoms with Crippen molar-refractivity contribution in [2.45, 2.75) is 18.9 Å². The molecule has 0 radical (unpaired) electrons. The minimum Gasteiger partial charge on any atom is -0.481 e. The summed E-state index contributed by atoms with van der Waals surface area (Å²) in [6, 6.07) is 13.9. The Hall–Kier alpha value is -4.07. The smallest absolute Gasteiger partial charge is 0.255 e. The van der Waals surface area contributed by atoms with E-state index in [1.165, 1.54) is 13.2 Å². The molecule has 160 valence electrons. The largest absolute Gasteiger partial charge is 0.481 e. The highest BCUT2D eigenvalue weighted by atomic mass is 16.5. The third-order valence-electron chi connectivity index (χ3n) is 5.71. The number of methoxy groups -OCH3 is 1. The van der Waals surface area contributed by atoms with Crippen molar-refractivity contribution in [2.75, 3.05) is 13.7 Å². The Morgan fingerprint density at radius 2 is 1.97 bits per heavy atom. The molecule has 1 atom stereocenters. The van der Waals surface area contributed by atoms with Crippen LogP contribution < -0.4 is 10.3 Å². The fourth-order valence-electron chi connectivity index (χ4n) is 4.26. The van der Waals surface area contributed by atoms with Gasteiger partial charge in [0.1, 0.15) is 5.82 Å². The highest BCUT2D eigenvalue weighted by Crippen LogP contribution is 2.33. The summed E-state index contributed by atoms with van der Waals surface area (Å²) >= 11 is 0. The molecule has 1 aliphatic heterocycles. The number of carbonyl (C=O) groups excluding carboxylic acids is 1. The van der Waals surface area contributed by atoms with E-state index < -0.39 is 0 Å². The van der Waals surface area contributed by atoms with Crippen LogP contribution in [0.4, 0.5) is 0 Å². The molecular weight excluding hydrogens is 406 g/mol. The zero-order valence-corrected chi connectivity index (χ0v) is 17.5. The van der Waals surface area contributed by atoms with Crippen molar-refractivity contribution in [3.63, 3.8) is 0 Å². The zero-order valence-electron chi connectivity index (χ0n) is 17.5. The number of hydrogen-bond donors (Lipinski definition) is 1. The van der Waals surface area contributed by atoms with Crippen LogP contribution >= 0.6 is 0 Å². The first kappa shape index (κ1) is 19.9. The molecule has 3 aromatic heterocycles. The van der Waals surface area contributed by atoms with Crippen LogP contribution in [-0.4, -0.2) is 44.4 Å². The van der Waals surface area contributed by atoms with Crippen molar-refractivity contribution >= 4 is 16.8 Å². The molecule has 0 aliphatic carbocycles. The molecule has 8 nitrogen and oxygen atoms in total. The maximum atomic E-state index is 13.5. The predicted octanol–water partition coefficient (Wildman–Crippen LogP) is 3.37. The Balaban J connectivity index is 1.54. The molecule has 1 amide bonds. The molecule has 4 aromatic rings. The average Bonchev–Trinajstić information content (AvgIpc) is 3.33. The molecule has 32 heavy (non-hydrogen) atoms. The lowest BCUT2D eigenvalue weighted by atomic mass is 10.1. The number of ether oxygens (including phenoxy) is 1. The van der Waals surface area contributed by atoms with Crippen molar-refractivity contribution < 1.29 is 9.53 Å². The highest BCUT2D eigenvalue weighted by molar-refractivity contribution is 6.06. The van der Waals surface area contributed by atoms with Gasteiger partial charge in [0.15, 0.2) is 0 Å². The molecule has 1 N–H and O–H groups in total. The molecule has 8 heteroatoms. The third kappa shape index (κ3) is 3.49. The lowest BCUT2D eigenvalue weighted by Crippen LogP contribution is -2.32. The van der Waals surface area contributed by atoms with Gasteiger partial charge >= 0.3 is 0 Å². The number of H-pyrrole nitrogens is 1. The van der Waals surface area contributed by atoms with Crippen molar-refractivity contribution in [3.05, 3.63) is 82.7 Å². The van der Waals surface area contributed by atoms with Crippen LogP contribution in [0.2, 0.25) is 0 Å². The van der Waals surface area contributed by atoms with Crippen LogP contribution in [0.5, 0.6) is 5.88 Å². The second kappa shape index (κ2) is 8.22. The summed E-state index contributed by atoms with van der Waals surface area (Å²) < 4.78 is 5.33. The summed E-state index contributed by atoms with van der Waals surface area (Å²) in [6.45, 7) is 0.588. The van der Waals surface area contributed by atoms with E-state index in [4.69, 9.17) is 9.72 Å². The Morgan fingerprint density at radius 3 is 2.84 bits per heavy atom. The average molecular weight is 427 g/mol. The van der Waals surface area contributed by atoms with Gasteiger partial charge in [-0.15, -0.1) is 0 Å². The van der Waals surface area contributed by atoms with Crippen LogP contribution in [0.3, 0.4) is 0 Å². The third-order valence-corrected chi connectivity index (χ3v) is 5.71. The number of rotatable bonds is 4. The van der Waals surface area contributed by atoms with E-state index in [-0.39, 0.29) is 17.5 Å². The standard InChI is InChI=1S/C24H21N5O3/c1-32-23-17(8-4-12-26-23)19-14-21(30)28-22(27-19)20-10-5-13-29(20)24(31)16-6-2-9-18-15(16)7-3-11-25-18/h2-4,6-9,11-12,14,20H,5,10,13H2,1H3,(H,27,28,30). The number of amides is 1. The molecule has 0 saturated carbocycles. The summed E-state index contributed by atoms with van der Waals surface area (Å²) in [7, 11) is 1.52. The van der Waals surface area contributed by atoms with Crippen LogP contribution in [0.15, 0.2) is 65.7 Å². The first-order valence-corrected chi connectivity index (χ1v) is 10.4. The lowest BCUT2D eigenvalue weighted by Gasteiger charge is -2.25. The normalized spacial score (nSPS) is 15.8. The zero-order chi connectivity index (χ0) is 22.1. The van der Waals surface area contributed by atoms with Gasteiger partial charge in [-0.1, -0.05) is 12.1 Å². The Kier molecular flexibility index (Phi) is 5.10. The van der Waals surface area contributed by atoms with Gasteiger partial charge in [-0.2, -0.15) is 0 Å². The van der Waals surface area contributed by atoms with E-state index >= 15 is 0 Å². The fourth-order valence-corrected chi connectivity index (χ4v) is 4.26. The number of likely N-dealkylation sites (tertiary alicyclic amines) is 1. The number of hydrogen-bond acceptors (Lipinski definition) is 6. The monoisotopic (exact) mass is 427 g/mol. The quantitative estimate of drug-likeness (QED) is 0.536. The molecule has 1 aromatic carbocycles. The molecule has 1 fully saturated rings. The molecular formula is C24H21N5O3. The highest BCUT2D eigenvalue weighted by Gasteiger charge is 2.33. The lowest BCUT2D eigenvalue weighted by molar-refractivity contribution is 0.0731. The minimum atomic E-state index is -0.329. The van der Waals surface area contributed by atoms with Gasteiger partial charge in [-0.05, 0) is 43.2 Å². The number of nitrogens with one attached hydrogen (secondary N) is 1. The first-order valence-electron chi connectivity index (χ1n) is 10.4. The van der Waals surface area contributed by atoms with Crippen LogP contribution in [0, 0.1) is 0 Å².